The number of hydrogen-bond donors (Lipinski definition) is 0. The molecule has 2 aromatic rings. The molecule has 28 heavy (non-hydrogen) atoms. The van der Waals surface area contributed by atoms with Gasteiger partial charge < -0.3 is 9.47 Å². The van der Waals surface area contributed by atoms with E-state index >= 15 is 0 Å². The van der Waals surface area contributed by atoms with Crippen LogP contribution in [-0.2, 0) is 16.0 Å². The molecule has 2 aromatic carbocycles. The van der Waals surface area contributed by atoms with Crippen molar-refractivity contribution in [3.05, 3.63) is 65.7 Å². The fourth-order valence-electron chi connectivity index (χ4n) is 2.69. The van der Waals surface area contributed by atoms with Crippen LogP contribution < -0.4 is 4.74 Å². The molecule has 0 fully saturated rings. The van der Waals surface area contributed by atoms with Gasteiger partial charge in [0.15, 0.2) is 11.8 Å². The maximum atomic E-state index is 12.3. The smallest absolute Gasteiger partial charge is 0.330 e. The van der Waals surface area contributed by atoms with Crippen molar-refractivity contribution in [1.82, 2.24) is 0 Å². The Bertz CT molecular complexity index is 803. The first-order valence-electron chi connectivity index (χ1n) is 9.00. The minimum atomic E-state index is -0.692. The molecule has 1 atom stereocenters. The highest BCUT2D eigenvalue weighted by molar-refractivity contribution is 9.09. The first-order chi connectivity index (χ1) is 13.5. The molecule has 0 saturated carbocycles. The van der Waals surface area contributed by atoms with Crippen molar-refractivity contribution in [1.29, 1.82) is 0 Å². The van der Waals surface area contributed by atoms with E-state index < -0.39 is 12.0 Å². The van der Waals surface area contributed by atoms with Gasteiger partial charge in [-0.05, 0) is 24.6 Å². The van der Waals surface area contributed by atoms with E-state index in [1.165, 1.54) is 7.11 Å². The highest BCUT2D eigenvalue weighted by Crippen LogP contribution is 2.16. The van der Waals surface area contributed by atoms with Crippen LogP contribution in [0, 0.1) is 0 Å². The molecule has 0 saturated heterocycles. The van der Waals surface area contributed by atoms with E-state index in [9.17, 15) is 9.59 Å². The minimum Gasteiger partial charge on any atom is -0.493 e. The van der Waals surface area contributed by atoms with E-state index in [2.05, 4.69) is 20.9 Å². The third-order valence-corrected chi connectivity index (χ3v) is 4.38. The maximum Gasteiger partial charge on any atom is 0.330 e. The molecule has 0 spiro atoms. The van der Waals surface area contributed by atoms with E-state index in [0.29, 0.717) is 24.3 Å². The summed E-state index contributed by atoms with van der Waals surface area (Å²) in [4.78, 5) is 29.0. The van der Waals surface area contributed by atoms with Gasteiger partial charge in [0.2, 0.25) is 0 Å². The molecule has 0 bridgehead atoms. The summed E-state index contributed by atoms with van der Waals surface area (Å²) in [5.74, 6) is 0.316. The normalized spacial score (nSPS) is 12.3. The monoisotopic (exact) mass is 445 g/mol. The Balaban J connectivity index is 2.07. The summed E-state index contributed by atoms with van der Waals surface area (Å²) in [6.07, 6.45) is 0.555. The van der Waals surface area contributed by atoms with E-state index in [0.717, 1.165) is 16.6 Å². The minimum absolute atomic E-state index is 0.0289. The largest absolute Gasteiger partial charge is 0.493 e. The predicted octanol–water partition coefficient (Wildman–Crippen LogP) is 4.28. The number of esters is 1. The molecule has 5 nitrogen and oxygen atoms in total. The van der Waals surface area contributed by atoms with E-state index in [-0.39, 0.29) is 12.2 Å². The van der Waals surface area contributed by atoms with Crippen molar-refractivity contribution in [2.24, 2.45) is 4.99 Å². The van der Waals surface area contributed by atoms with E-state index in [4.69, 9.17) is 9.47 Å². The molecule has 2 rings (SSSR count). The Labute approximate surface area is 173 Å². The Hall–Kier alpha value is -2.47. The third kappa shape index (κ3) is 6.93. The molecule has 1 unspecified atom stereocenters. The van der Waals surface area contributed by atoms with Crippen LogP contribution in [0.5, 0.6) is 5.75 Å². The molecule has 0 amide bonds. The number of Topliss-reactive ketones (excluding diaryl/α,β-unsaturated/α-hetero) is 1. The molecular weight excluding hydrogens is 422 g/mol. The van der Waals surface area contributed by atoms with Gasteiger partial charge in [0.1, 0.15) is 5.75 Å². The molecule has 0 N–H and O–H groups in total. The molecule has 148 valence electrons. The molecule has 6 heteroatoms. The van der Waals surface area contributed by atoms with Crippen LogP contribution in [-0.4, -0.2) is 42.6 Å². The number of alkyl halides is 1. The number of halogens is 1. The zero-order chi connectivity index (χ0) is 20.4. The van der Waals surface area contributed by atoms with Crippen LogP contribution in [0.3, 0.4) is 0 Å². The first kappa shape index (κ1) is 21.8. The highest BCUT2D eigenvalue weighted by atomic mass is 79.9. The summed E-state index contributed by atoms with van der Waals surface area (Å²) in [5, 5.41) is 0.759. The van der Waals surface area contributed by atoms with Gasteiger partial charge in [0, 0.05) is 29.4 Å². The van der Waals surface area contributed by atoms with Crippen molar-refractivity contribution in [3.8, 4) is 5.75 Å². The second-order valence-corrected chi connectivity index (χ2v) is 7.05. The number of ether oxygens (including phenoxy) is 2. The van der Waals surface area contributed by atoms with Gasteiger partial charge in [-0.1, -0.05) is 58.4 Å². The SMILES string of the molecule is COC(=O)C(Cc1ccc(OCCBr)cc1)N=C(C)CC(=O)c1ccccc1. The van der Waals surface area contributed by atoms with Crippen LogP contribution in [0.4, 0.5) is 0 Å². The van der Waals surface area contributed by atoms with Crippen molar-refractivity contribution in [2.75, 3.05) is 19.0 Å². The zero-order valence-corrected chi connectivity index (χ0v) is 17.6. The molecule has 0 aliphatic heterocycles. The average Bonchev–Trinajstić information content (AvgIpc) is 2.72. The van der Waals surface area contributed by atoms with Crippen LogP contribution in [0.25, 0.3) is 0 Å². The van der Waals surface area contributed by atoms with Crippen molar-refractivity contribution < 1.29 is 19.1 Å². The quantitative estimate of drug-likeness (QED) is 0.237. The van der Waals surface area contributed by atoms with Gasteiger partial charge in [0.05, 0.1) is 13.7 Å². The molecule has 0 aliphatic rings. The van der Waals surface area contributed by atoms with Crippen LogP contribution in [0.2, 0.25) is 0 Å². The molecule has 0 aromatic heterocycles. The summed E-state index contributed by atoms with van der Waals surface area (Å²) in [5.41, 5.74) is 2.17. The number of aliphatic imine (C=N–C) groups is 1. The lowest BCUT2D eigenvalue weighted by Crippen LogP contribution is -2.24. The van der Waals surface area contributed by atoms with Crippen LogP contribution in [0.1, 0.15) is 29.3 Å². The Morgan fingerprint density at radius 1 is 1.07 bits per heavy atom. The summed E-state index contributed by atoms with van der Waals surface area (Å²) >= 11 is 3.32. The number of methoxy groups -OCH3 is 1. The second kappa shape index (κ2) is 11.4. The summed E-state index contributed by atoms with van der Waals surface area (Å²) in [6, 6.07) is 15.9. The summed E-state index contributed by atoms with van der Waals surface area (Å²) < 4.78 is 10.4. The molecular formula is C22H24BrNO4. The first-order valence-corrected chi connectivity index (χ1v) is 10.1. The van der Waals surface area contributed by atoms with Gasteiger partial charge in [-0.25, -0.2) is 4.79 Å². The van der Waals surface area contributed by atoms with Gasteiger partial charge in [-0.3, -0.25) is 9.79 Å². The number of hydrogen-bond acceptors (Lipinski definition) is 5. The van der Waals surface area contributed by atoms with Gasteiger partial charge in [-0.15, -0.1) is 0 Å². The molecule has 0 aliphatic carbocycles. The lowest BCUT2D eigenvalue weighted by molar-refractivity contribution is -0.142. The zero-order valence-electron chi connectivity index (χ0n) is 16.1. The number of ketones is 1. The Morgan fingerprint density at radius 2 is 1.75 bits per heavy atom. The van der Waals surface area contributed by atoms with Gasteiger partial charge >= 0.3 is 5.97 Å². The summed E-state index contributed by atoms with van der Waals surface area (Å²) in [7, 11) is 1.34. The Kier molecular flexibility index (Phi) is 8.88. The van der Waals surface area contributed by atoms with Gasteiger partial charge in [0.25, 0.3) is 0 Å². The number of nitrogens with zero attached hydrogens (tertiary/aromatic N) is 1. The lowest BCUT2D eigenvalue weighted by Gasteiger charge is -2.13. The van der Waals surface area contributed by atoms with Crippen molar-refractivity contribution in [2.45, 2.75) is 25.8 Å². The fourth-order valence-corrected chi connectivity index (χ4v) is 2.85. The van der Waals surface area contributed by atoms with Crippen LogP contribution in [0.15, 0.2) is 59.6 Å². The van der Waals surface area contributed by atoms with E-state index in [1.807, 2.05) is 42.5 Å². The highest BCUT2D eigenvalue weighted by Gasteiger charge is 2.20. The average molecular weight is 446 g/mol. The number of benzene rings is 2. The van der Waals surface area contributed by atoms with Crippen LogP contribution >= 0.6 is 15.9 Å². The van der Waals surface area contributed by atoms with Crippen molar-refractivity contribution >= 4 is 33.4 Å². The fraction of sp³-hybridized carbons (Fsp3) is 0.318. The predicted molar refractivity (Wildman–Crippen MR) is 114 cm³/mol. The molecule has 0 radical (unpaired) electrons. The van der Waals surface area contributed by atoms with E-state index in [1.54, 1.807) is 19.1 Å². The standard InChI is InChI=1S/C22H24BrNO4/c1-16(14-21(25)18-6-4-3-5-7-18)24-20(22(26)27-2)15-17-8-10-19(11-9-17)28-13-12-23/h3-11,20H,12-15H2,1-2H3. The topological polar surface area (TPSA) is 65.0 Å². The summed E-state index contributed by atoms with van der Waals surface area (Å²) in [6.45, 7) is 2.34. The number of carbonyl (C=O) groups excluding carboxylic acids is 2. The number of rotatable bonds is 10. The lowest BCUT2D eigenvalue weighted by atomic mass is 10.0. The second-order valence-electron chi connectivity index (χ2n) is 6.25. The van der Waals surface area contributed by atoms with Crippen molar-refractivity contribution in [3.63, 3.8) is 0 Å². The van der Waals surface area contributed by atoms with Gasteiger partial charge in [-0.2, -0.15) is 0 Å². The Morgan fingerprint density at radius 3 is 2.36 bits per heavy atom. The number of carbonyl (C=O) groups is 2. The third-order valence-electron chi connectivity index (χ3n) is 4.06. The maximum absolute atomic E-state index is 12.3. The molecule has 0 heterocycles.